The first kappa shape index (κ1) is 15.9. The molecule has 4 heteroatoms. The van der Waals surface area contributed by atoms with Gasteiger partial charge in [-0.05, 0) is 56.6 Å². The number of likely N-dealkylation sites (tertiary alicyclic amines) is 1. The lowest BCUT2D eigenvalue weighted by Crippen LogP contribution is -2.61. The maximum Gasteiger partial charge on any atom is 0.134 e. The van der Waals surface area contributed by atoms with Crippen LogP contribution in [-0.4, -0.2) is 40.4 Å². The third kappa shape index (κ3) is 2.69. The predicted molar refractivity (Wildman–Crippen MR) is 92.5 cm³/mol. The van der Waals surface area contributed by atoms with E-state index in [2.05, 4.69) is 29.2 Å². The fourth-order valence-corrected chi connectivity index (χ4v) is 4.21. The Labute approximate surface area is 142 Å². The summed E-state index contributed by atoms with van der Waals surface area (Å²) in [5.41, 5.74) is 2.15. The zero-order chi connectivity index (χ0) is 16.7. The maximum absolute atomic E-state index is 10.0. The Morgan fingerprint density at radius 2 is 1.88 bits per heavy atom. The molecule has 2 aromatic rings. The molecule has 2 heterocycles. The molecule has 1 aromatic heterocycles. The van der Waals surface area contributed by atoms with Crippen molar-refractivity contribution in [3.63, 3.8) is 0 Å². The first-order valence-electron chi connectivity index (χ1n) is 8.81. The Kier molecular flexibility index (Phi) is 3.99. The van der Waals surface area contributed by atoms with Crippen LogP contribution in [0, 0.1) is 12.3 Å². The molecule has 0 unspecified atom stereocenters. The molecule has 2 atom stereocenters. The van der Waals surface area contributed by atoms with Crippen LogP contribution in [-0.2, 0) is 6.54 Å². The molecule has 2 N–H and O–H groups in total. The van der Waals surface area contributed by atoms with Crippen LogP contribution < -0.4 is 0 Å². The molecule has 1 spiro atoms. The summed E-state index contributed by atoms with van der Waals surface area (Å²) in [7, 11) is 0. The van der Waals surface area contributed by atoms with Crippen molar-refractivity contribution in [2.75, 3.05) is 13.1 Å². The van der Waals surface area contributed by atoms with Crippen LogP contribution in [0.3, 0.4) is 0 Å². The zero-order valence-corrected chi connectivity index (χ0v) is 14.1. The van der Waals surface area contributed by atoms with Crippen LogP contribution in [0.2, 0.25) is 0 Å². The Morgan fingerprint density at radius 3 is 2.50 bits per heavy atom. The monoisotopic (exact) mass is 327 g/mol. The van der Waals surface area contributed by atoms with Crippen molar-refractivity contribution in [3.8, 4) is 11.3 Å². The highest BCUT2D eigenvalue weighted by molar-refractivity contribution is 5.58. The third-order valence-corrected chi connectivity index (χ3v) is 5.92. The van der Waals surface area contributed by atoms with Gasteiger partial charge in [0.1, 0.15) is 11.5 Å². The molecule has 24 heavy (non-hydrogen) atoms. The highest BCUT2D eigenvalue weighted by atomic mass is 16.3. The molecule has 0 amide bonds. The van der Waals surface area contributed by atoms with Crippen LogP contribution >= 0.6 is 0 Å². The van der Waals surface area contributed by atoms with Crippen LogP contribution in [0.4, 0.5) is 0 Å². The van der Waals surface area contributed by atoms with Gasteiger partial charge in [0.15, 0.2) is 0 Å². The van der Waals surface area contributed by atoms with Gasteiger partial charge in [0, 0.05) is 23.9 Å². The van der Waals surface area contributed by atoms with Gasteiger partial charge >= 0.3 is 0 Å². The van der Waals surface area contributed by atoms with Gasteiger partial charge in [-0.25, -0.2) is 0 Å². The molecule has 1 aromatic carbocycles. The van der Waals surface area contributed by atoms with E-state index in [0.29, 0.717) is 6.42 Å². The Hall–Kier alpha value is -1.62. The number of nitrogens with zero attached hydrogens (tertiary/aromatic N) is 1. The molecule has 2 fully saturated rings. The first-order chi connectivity index (χ1) is 11.6. The minimum absolute atomic E-state index is 0.232. The molecule has 1 aliphatic heterocycles. The quantitative estimate of drug-likeness (QED) is 0.910. The smallest absolute Gasteiger partial charge is 0.134 e. The van der Waals surface area contributed by atoms with E-state index < -0.39 is 0 Å². The van der Waals surface area contributed by atoms with E-state index in [9.17, 15) is 10.2 Å². The molecule has 4 rings (SSSR count). The summed E-state index contributed by atoms with van der Waals surface area (Å²) >= 11 is 0. The van der Waals surface area contributed by atoms with Gasteiger partial charge in [0.05, 0.1) is 12.2 Å². The van der Waals surface area contributed by atoms with E-state index in [1.807, 2.05) is 19.1 Å². The van der Waals surface area contributed by atoms with Gasteiger partial charge in [-0.2, -0.15) is 0 Å². The van der Waals surface area contributed by atoms with Crippen LogP contribution in [0.5, 0.6) is 0 Å². The van der Waals surface area contributed by atoms with Crippen molar-refractivity contribution in [3.05, 3.63) is 47.7 Å². The van der Waals surface area contributed by atoms with Crippen LogP contribution in [0.25, 0.3) is 11.3 Å². The van der Waals surface area contributed by atoms with E-state index in [4.69, 9.17) is 4.42 Å². The van der Waals surface area contributed by atoms with Crippen molar-refractivity contribution in [1.29, 1.82) is 0 Å². The van der Waals surface area contributed by atoms with Gasteiger partial charge in [0.2, 0.25) is 0 Å². The molecule has 1 saturated heterocycles. The lowest BCUT2D eigenvalue weighted by molar-refractivity contribution is -0.190. The SMILES string of the molecule is Cc1ccc(-c2cccc(CN3CCC4(CC3)[C@H](O)C[C@@H]4O)c2)o1. The number of benzene rings is 1. The van der Waals surface area contributed by atoms with Gasteiger partial charge in [-0.15, -0.1) is 0 Å². The van der Waals surface area contributed by atoms with Gasteiger partial charge in [-0.3, -0.25) is 4.90 Å². The lowest BCUT2D eigenvalue weighted by atomic mass is 9.58. The Balaban J connectivity index is 1.42. The molecule has 0 bridgehead atoms. The fourth-order valence-electron chi connectivity index (χ4n) is 4.21. The van der Waals surface area contributed by atoms with Crippen molar-refractivity contribution in [2.24, 2.45) is 5.41 Å². The second-order valence-corrected chi connectivity index (χ2v) is 7.39. The van der Waals surface area contributed by atoms with E-state index in [0.717, 1.165) is 49.6 Å². The standard InChI is InChI=1S/C20H25NO3/c1-14-5-6-17(24-14)16-4-2-3-15(11-16)13-21-9-7-20(8-10-21)18(22)12-19(20)23/h2-6,11,18-19,22-23H,7-10,12-13H2,1H3/t18-,19+. The zero-order valence-electron chi connectivity index (χ0n) is 14.1. The van der Waals surface area contributed by atoms with Gasteiger partial charge in [0.25, 0.3) is 0 Å². The van der Waals surface area contributed by atoms with Crippen molar-refractivity contribution in [2.45, 2.75) is 44.9 Å². The largest absolute Gasteiger partial charge is 0.461 e. The summed E-state index contributed by atoms with van der Waals surface area (Å²) in [6, 6.07) is 12.5. The summed E-state index contributed by atoms with van der Waals surface area (Å²) < 4.78 is 5.72. The molecule has 128 valence electrons. The molecule has 1 aliphatic carbocycles. The number of hydrogen-bond donors (Lipinski definition) is 2. The number of aliphatic hydroxyl groups is 2. The van der Waals surface area contributed by atoms with Crippen molar-refractivity contribution < 1.29 is 14.6 Å². The summed E-state index contributed by atoms with van der Waals surface area (Å²) in [6.07, 6.45) is 1.67. The average molecular weight is 327 g/mol. The number of piperidine rings is 1. The summed E-state index contributed by atoms with van der Waals surface area (Å²) in [5, 5.41) is 20.1. The van der Waals surface area contributed by atoms with Gasteiger partial charge in [-0.1, -0.05) is 18.2 Å². The minimum atomic E-state index is -0.319. The minimum Gasteiger partial charge on any atom is -0.461 e. The van der Waals surface area contributed by atoms with Crippen molar-refractivity contribution >= 4 is 0 Å². The second kappa shape index (κ2) is 6.03. The number of hydrogen-bond acceptors (Lipinski definition) is 4. The van der Waals surface area contributed by atoms with E-state index >= 15 is 0 Å². The van der Waals surface area contributed by atoms with Crippen molar-refractivity contribution in [1.82, 2.24) is 4.90 Å². The average Bonchev–Trinajstić information content (AvgIpc) is 3.03. The predicted octanol–water partition coefficient (Wildman–Crippen LogP) is 2.96. The molecule has 2 aliphatic rings. The number of aryl methyl sites for hydroxylation is 1. The summed E-state index contributed by atoms with van der Waals surface area (Å²) in [6.45, 7) is 4.71. The maximum atomic E-state index is 10.0. The number of rotatable bonds is 3. The van der Waals surface area contributed by atoms with E-state index in [-0.39, 0.29) is 17.6 Å². The fraction of sp³-hybridized carbons (Fsp3) is 0.500. The lowest BCUT2D eigenvalue weighted by Gasteiger charge is -2.55. The third-order valence-electron chi connectivity index (χ3n) is 5.92. The second-order valence-electron chi connectivity index (χ2n) is 7.39. The molecular formula is C20H25NO3. The normalized spacial score (nSPS) is 26.5. The number of furan rings is 1. The topological polar surface area (TPSA) is 56.8 Å². The van der Waals surface area contributed by atoms with E-state index in [1.165, 1.54) is 5.56 Å². The molecule has 4 nitrogen and oxygen atoms in total. The van der Waals surface area contributed by atoms with Crippen LogP contribution in [0.15, 0.2) is 40.8 Å². The molecule has 1 saturated carbocycles. The molecule has 0 radical (unpaired) electrons. The van der Waals surface area contributed by atoms with Crippen LogP contribution in [0.1, 0.15) is 30.6 Å². The highest BCUT2D eigenvalue weighted by Crippen LogP contribution is 2.49. The Bertz CT molecular complexity index is 705. The highest BCUT2D eigenvalue weighted by Gasteiger charge is 2.54. The summed E-state index contributed by atoms with van der Waals surface area (Å²) in [5.74, 6) is 1.84. The van der Waals surface area contributed by atoms with E-state index in [1.54, 1.807) is 0 Å². The summed E-state index contributed by atoms with van der Waals surface area (Å²) in [4.78, 5) is 2.41. The van der Waals surface area contributed by atoms with Gasteiger partial charge < -0.3 is 14.6 Å². The molecular weight excluding hydrogens is 302 g/mol. The number of aliphatic hydroxyl groups excluding tert-OH is 2. The first-order valence-corrected chi connectivity index (χ1v) is 8.81. The Morgan fingerprint density at radius 1 is 1.12 bits per heavy atom.